The van der Waals surface area contributed by atoms with Crippen LogP contribution >= 0.6 is 0 Å². The third kappa shape index (κ3) is 3.57. The van der Waals surface area contributed by atoms with Gasteiger partial charge < -0.3 is 14.2 Å². The second-order valence-electron chi connectivity index (χ2n) is 8.43. The molecule has 8 nitrogen and oxygen atoms in total. The van der Waals surface area contributed by atoms with Crippen LogP contribution in [-0.2, 0) is 14.4 Å². The molecule has 5 rings (SSSR count). The third-order valence-corrected chi connectivity index (χ3v) is 6.47. The van der Waals surface area contributed by atoms with Gasteiger partial charge in [-0.3, -0.25) is 14.4 Å². The summed E-state index contributed by atoms with van der Waals surface area (Å²) in [6.45, 7) is 1.95. The number of nitrogens with zero attached hydrogens (tertiary/aromatic N) is 2. The molecule has 180 valence electrons. The first-order chi connectivity index (χ1) is 17.0. The number of hydrogen-bond donors (Lipinski definition) is 0. The number of methoxy groups -OCH3 is 3. The van der Waals surface area contributed by atoms with Gasteiger partial charge in [-0.05, 0) is 43.3 Å². The second-order valence-corrected chi connectivity index (χ2v) is 8.43. The lowest BCUT2D eigenvalue weighted by molar-refractivity contribution is -0.126. The summed E-state index contributed by atoms with van der Waals surface area (Å²) in [5.41, 5.74) is 2.92. The Balaban J connectivity index is 1.65. The monoisotopic (exact) mass is 474 g/mol. The zero-order valence-electron chi connectivity index (χ0n) is 19.9. The van der Waals surface area contributed by atoms with Crippen LogP contribution in [-0.4, -0.2) is 39.2 Å². The fraction of sp³-hybridized carbons (Fsp3) is 0.259. The number of hydroxylamine groups is 1. The van der Waals surface area contributed by atoms with Gasteiger partial charge in [0.25, 0.3) is 5.91 Å². The van der Waals surface area contributed by atoms with Gasteiger partial charge >= 0.3 is 0 Å². The number of carbonyl (C=O) groups excluding carboxylic acids is 2. The molecule has 0 aliphatic carbocycles. The average molecular weight is 475 g/mol. The van der Waals surface area contributed by atoms with Crippen LogP contribution in [0.3, 0.4) is 0 Å². The Kier molecular flexibility index (Phi) is 5.82. The summed E-state index contributed by atoms with van der Waals surface area (Å²) in [4.78, 5) is 34.8. The molecule has 3 atom stereocenters. The number of imide groups is 1. The first kappa shape index (κ1) is 22.7. The minimum absolute atomic E-state index is 0.330. The second kappa shape index (κ2) is 8.96. The molecule has 2 fully saturated rings. The summed E-state index contributed by atoms with van der Waals surface area (Å²) >= 11 is 0. The summed E-state index contributed by atoms with van der Waals surface area (Å²) < 4.78 is 16.8. The highest BCUT2D eigenvalue weighted by molar-refractivity contribution is 6.24. The molecule has 0 bridgehead atoms. The summed E-state index contributed by atoms with van der Waals surface area (Å²) in [6.07, 6.45) is -0.980. The molecule has 2 aliphatic rings. The van der Waals surface area contributed by atoms with Crippen molar-refractivity contribution in [1.29, 1.82) is 0 Å². The molecular formula is C27H26N2O6. The van der Waals surface area contributed by atoms with Gasteiger partial charge in [-0.25, -0.2) is 9.96 Å². The molecule has 0 saturated carbocycles. The highest BCUT2D eigenvalue weighted by atomic mass is 16.7. The first-order valence-electron chi connectivity index (χ1n) is 11.2. The van der Waals surface area contributed by atoms with E-state index in [4.69, 9.17) is 19.0 Å². The topological polar surface area (TPSA) is 77.5 Å². The molecule has 0 radical (unpaired) electrons. The van der Waals surface area contributed by atoms with Gasteiger partial charge in [-0.1, -0.05) is 35.9 Å². The molecule has 3 aromatic carbocycles. The Bertz CT molecular complexity index is 1260. The van der Waals surface area contributed by atoms with Gasteiger partial charge in [0.05, 0.1) is 32.7 Å². The van der Waals surface area contributed by atoms with Crippen LogP contribution in [0, 0.1) is 12.8 Å². The molecule has 0 spiro atoms. The van der Waals surface area contributed by atoms with E-state index in [0.29, 0.717) is 34.2 Å². The molecular weight excluding hydrogens is 448 g/mol. The molecule has 2 heterocycles. The van der Waals surface area contributed by atoms with E-state index in [0.717, 1.165) is 5.56 Å². The quantitative estimate of drug-likeness (QED) is 0.499. The Morgan fingerprint density at radius 1 is 0.743 bits per heavy atom. The van der Waals surface area contributed by atoms with Crippen molar-refractivity contribution in [3.63, 3.8) is 0 Å². The van der Waals surface area contributed by atoms with Crippen molar-refractivity contribution in [1.82, 2.24) is 0 Å². The standard InChI is InChI=1S/C27H26N2O6/c1-16-10-12-17(13-11-16)28-26(30)21-22(19-14-15-20(32-2)24(34-4)23(19)33-3)29(35-25(21)27(28)31)18-8-6-5-7-9-18/h5-15,21-22,25H,1-4H3/t21-,22+,25-/m1/s1. The lowest BCUT2D eigenvalue weighted by Crippen LogP contribution is -2.37. The number of fused-ring (bicyclic) bond motifs is 1. The Labute approximate surface area is 203 Å². The van der Waals surface area contributed by atoms with Crippen LogP contribution in [0.25, 0.3) is 0 Å². The summed E-state index contributed by atoms with van der Waals surface area (Å²) in [7, 11) is 4.60. The van der Waals surface area contributed by atoms with Gasteiger partial charge in [0.1, 0.15) is 12.0 Å². The molecule has 2 saturated heterocycles. The SMILES string of the molecule is COc1ccc([C@H]2[C@H]3C(=O)N(c4ccc(C)cc4)C(=O)[C@@H]3ON2c2ccccc2)c(OC)c1OC. The highest BCUT2D eigenvalue weighted by Crippen LogP contribution is 2.52. The fourth-order valence-corrected chi connectivity index (χ4v) is 4.83. The number of amides is 2. The molecule has 2 amide bonds. The van der Waals surface area contributed by atoms with Gasteiger partial charge in [-0.15, -0.1) is 0 Å². The molecule has 2 aliphatic heterocycles. The summed E-state index contributed by atoms with van der Waals surface area (Å²) in [5, 5.41) is 1.63. The molecule has 0 N–H and O–H groups in total. The lowest BCUT2D eigenvalue weighted by Gasteiger charge is -2.30. The van der Waals surface area contributed by atoms with Crippen LogP contribution in [0.15, 0.2) is 66.7 Å². The summed E-state index contributed by atoms with van der Waals surface area (Å²) in [6, 6.07) is 19.6. The zero-order chi connectivity index (χ0) is 24.7. The number of aryl methyl sites for hydroxylation is 1. The number of para-hydroxylation sites is 1. The maximum absolute atomic E-state index is 13.8. The molecule has 8 heteroatoms. The molecule has 0 aromatic heterocycles. The third-order valence-electron chi connectivity index (χ3n) is 6.47. The smallest absolute Gasteiger partial charge is 0.266 e. The van der Waals surface area contributed by atoms with Gasteiger partial charge in [0, 0.05) is 5.56 Å². The molecule has 35 heavy (non-hydrogen) atoms. The van der Waals surface area contributed by atoms with Crippen molar-refractivity contribution in [2.75, 3.05) is 31.3 Å². The van der Waals surface area contributed by atoms with Gasteiger partial charge in [0.2, 0.25) is 11.7 Å². The molecule has 3 aromatic rings. The minimum atomic E-state index is -0.980. The van der Waals surface area contributed by atoms with Crippen molar-refractivity contribution in [3.05, 3.63) is 77.9 Å². The van der Waals surface area contributed by atoms with E-state index in [1.54, 1.807) is 30.4 Å². The average Bonchev–Trinajstić information content (AvgIpc) is 3.39. The largest absolute Gasteiger partial charge is 0.493 e. The number of benzene rings is 3. The predicted molar refractivity (Wildman–Crippen MR) is 130 cm³/mol. The van der Waals surface area contributed by atoms with Crippen molar-refractivity contribution < 1.29 is 28.6 Å². The normalized spacial score (nSPS) is 21.3. The number of carbonyl (C=O) groups is 2. The Morgan fingerprint density at radius 3 is 2.06 bits per heavy atom. The maximum Gasteiger partial charge on any atom is 0.266 e. The van der Waals surface area contributed by atoms with Crippen LogP contribution < -0.4 is 24.2 Å². The number of anilines is 2. The Morgan fingerprint density at radius 2 is 1.43 bits per heavy atom. The van der Waals surface area contributed by atoms with Crippen molar-refractivity contribution in [2.24, 2.45) is 5.92 Å². The van der Waals surface area contributed by atoms with Gasteiger partial charge in [-0.2, -0.15) is 0 Å². The first-order valence-corrected chi connectivity index (χ1v) is 11.2. The molecule has 0 unspecified atom stereocenters. The zero-order valence-corrected chi connectivity index (χ0v) is 19.9. The van der Waals surface area contributed by atoms with Crippen LogP contribution in [0.4, 0.5) is 11.4 Å². The van der Waals surface area contributed by atoms with Crippen LogP contribution in [0.2, 0.25) is 0 Å². The number of rotatable bonds is 6. The van der Waals surface area contributed by atoms with Gasteiger partial charge in [0.15, 0.2) is 17.6 Å². The van der Waals surface area contributed by atoms with E-state index in [1.807, 2.05) is 55.5 Å². The van der Waals surface area contributed by atoms with Crippen molar-refractivity contribution in [3.8, 4) is 17.2 Å². The van der Waals surface area contributed by atoms with E-state index in [9.17, 15) is 9.59 Å². The highest BCUT2D eigenvalue weighted by Gasteiger charge is 2.61. The van der Waals surface area contributed by atoms with E-state index >= 15 is 0 Å². The number of ether oxygens (including phenoxy) is 3. The number of hydrogen-bond acceptors (Lipinski definition) is 7. The minimum Gasteiger partial charge on any atom is -0.493 e. The van der Waals surface area contributed by atoms with E-state index in [-0.39, 0.29) is 5.91 Å². The van der Waals surface area contributed by atoms with E-state index in [2.05, 4.69) is 0 Å². The van der Waals surface area contributed by atoms with E-state index in [1.165, 1.54) is 19.1 Å². The van der Waals surface area contributed by atoms with Crippen LogP contribution in [0.5, 0.6) is 17.2 Å². The maximum atomic E-state index is 13.8. The van der Waals surface area contributed by atoms with Crippen LogP contribution in [0.1, 0.15) is 17.2 Å². The van der Waals surface area contributed by atoms with E-state index < -0.39 is 24.0 Å². The predicted octanol–water partition coefficient (Wildman–Crippen LogP) is 4.07. The van der Waals surface area contributed by atoms with Crippen molar-refractivity contribution >= 4 is 23.2 Å². The summed E-state index contributed by atoms with van der Waals surface area (Å²) in [5.74, 6) is -0.219. The fourth-order valence-electron chi connectivity index (χ4n) is 4.83. The Hall–Kier alpha value is -4.04. The lowest BCUT2D eigenvalue weighted by atomic mass is 9.89. The van der Waals surface area contributed by atoms with Crippen molar-refractivity contribution in [2.45, 2.75) is 19.1 Å².